The Labute approximate surface area is 132 Å². The SMILES string of the molecule is CC(O)(c1ccc(I)cc1)c1ccc(F)c(C(F)(F)F)c1. The van der Waals surface area contributed by atoms with E-state index in [9.17, 15) is 22.7 Å². The van der Waals surface area contributed by atoms with Crippen LogP contribution in [0.3, 0.4) is 0 Å². The molecule has 0 amide bonds. The second kappa shape index (κ2) is 5.57. The molecule has 112 valence electrons. The van der Waals surface area contributed by atoms with Gasteiger partial charge in [0.1, 0.15) is 11.4 Å². The van der Waals surface area contributed by atoms with Crippen molar-refractivity contribution in [2.24, 2.45) is 0 Å². The lowest BCUT2D eigenvalue weighted by Crippen LogP contribution is -2.24. The minimum Gasteiger partial charge on any atom is -0.381 e. The molecule has 1 atom stereocenters. The van der Waals surface area contributed by atoms with Gasteiger partial charge in [0.05, 0.1) is 5.56 Å². The lowest BCUT2D eigenvalue weighted by molar-refractivity contribution is -0.140. The van der Waals surface area contributed by atoms with Gasteiger partial charge < -0.3 is 5.11 Å². The van der Waals surface area contributed by atoms with Gasteiger partial charge in [0.15, 0.2) is 0 Å². The van der Waals surface area contributed by atoms with Crippen LogP contribution in [-0.4, -0.2) is 5.11 Å². The lowest BCUT2D eigenvalue weighted by atomic mass is 9.87. The normalized spacial score (nSPS) is 14.8. The fourth-order valence-corrected chi connectivity index (χ4v) is 2.35. The average Bonchev–Trinajstić information content (AvgIpc) is 2.38. The molecule has 21 heavy (non-hydrogen) atoms. The first-order chi connectivity index (χ1) is 9.62. The van der Waals surface area contributed by atoms with Crippen LogP contribution >= 0.6 is 22.6 Å². The van der Waals surface area contributed by atoms with Crippen LogP contribution in [0, 0.1) is 9.39 Å². The molecule has 1 unspecified atom stereocenters. The summed E-state index contributed by atoms with van der Waals surface area (Å²) < 4.78 is 52.5. The van der Waals surface area contributed by atoms with Crippen LogP contribution in [0.5, 0.6) is 0 Å². The van der Waals surface area contributed by atoms with Crippen molar-refractivity contribution >= 4 is 22.6 Å². The van der Waals surface area contributed by atoms with Crippen LogP contribution in [0.15, 0.2) is 42.5 Å². The van der Waals surface area contributed by atoms with Crippen LogP contribution in [0.25, 0.3) is 0 Å². The fraction of sp³-hybridized carbons (Fsp3) is 0.200. The predicted molar refractivity (Wildman–Crippen MR) is 79.2 cm³/mol. The molecule has 0 radical (unpaired) electrons. The number of benzene rings is 2. The zero-order chi connectivity index (χ0) is 15.8. The third kappa shape index (κ3) is 3.37. The standard InChI is InChI=1S/C15H11F4IO/c1-14(21,9-2-5-11(20)6-3-9)10-4-7-13(16)12(8-10)15(17,18)19/h2-8,21H,1H3. The number of rotatable bonds is 2. The minimum absolute atomic E-state index is 0.0163. The van der Waals surface area contributed by atoms with E-state index in [1.807, 2.05) is 0 Å². The Kier molecular flexibility index (Phi) is 4.30. The zero-order valence-corrected chi connectivity index (χ0v) is 13.0. The molecule has 2 rings (SSSR count). The van der Waals surface area contributed by atoms with Crippen molar-refractivity contribution in [1.29, 1.82) is 0 Å². The van der Waals surface area contributed by atoms with Crippen LogP contribution < -0.4 is 0 Å². The molecule has 2 aromatic carbocycles. The van der Waals surface area contributed by atoms with Gasteiger partial charge in [0.2, 0.25) is 0 Å². The van der Waals surface area contributed by atoms with Gasteiger partial charge in [-0.15, -0.1) is 0 Å². The van der Waals surface area contributed by atoms with E-state index in [-0.39, 0.29) is 5.56 Å². The van der Waals surface area contributed by atoms with E-state index in [4.69, 9.17) is 0 Å². The third-order valence-electron chi connectivity index (χ3n) is 3.24. The number of hydrogen-bond donors (Lipinski definition) is 1. The molecule has 0 aromatic heterocycles. The Morgan fingerprint density at radius 2 is 1.48 bits per heavy atom. The molecule has 1 nitrogen and oxygen atoms in total. The van der Waals surface area contributed by atoms with Crippen molar-refractivity contribution in [2.75, 3.05) is 0 Å². The average molecular weight is 410 g/mol. The molecule has 0 saturated carbocycles. The number of aliphatic hydroxyl groups is 1. The fourth-order valence-electron chi connectivity index (χ4n) is 1.99. The first-order valence-electron chi connectivity index (χ1n) is 5.98. The highest BCUT2D eigenvalue weighted by Gasteiger charge is 2.36. The monoisotopic (exact) mass is 410 g/mol. The summed E-state index contributed by atoms with van der Waals surface area (Å²) in [6, 6.07) is 9.24. The molecule has 1 N–H and O–H groups in total. The minimum atomic E-state index is -4.80. The van der Waals surface area contributed by atoms with E-state index >= 15 is 0 Å². The van der Waals surface area contributed by atoms with Gasteiger partial charge in [-0.3, -0.25) is 0 Å². The van der Waals surface area contributed by atoms with E-state index in [2.05, 4.69) is 22.6 Å². The van der Waals surface area contributed by atoms with Crippen LogP contribution in [0.2, 0.25) is 0 Å². The highest BCUT2D eigenvalue weighted by Crippen LogP contribution is 2.36. The lowest BCUT2D eigenvalue weighted by Gasteiger charge is -2.25. The first kappa shape index (κ1) is 16.2. The van der Waals surface area contributed by atoms with Gasteiger partial charge in [-0.05, 0) is 64.9 Å². The molecule has 0 heterocycles. The Bertz CT molecular complexity index is 648. The predicted octanol–water partition coefficient (Wildman–Crippen LogP) is 4.70. The molecule has 0 aliphatic heterocycles. The highest BCUT2D eigenvalue weighted by molar-refractivity contribution is 14.1. The molecule has 0 aliphatic carbocycles. The topological polar surface area (TPSA) is 20.2 Å². The van der Waals surface area contributed by atoms with Crippen molar-refractivity contribution in [1.82, 2.24) is 0 Å². The molecule has 0 aliphatic rings. The van der Waals surface area contributed by atoms with Crippen LogP contribution in [-0.2, 0) is 11.8 Å². The van der Waals surface area contributed by atoms with Crippen molar-refractivity contribution in [2.45, 2.75) is 18.7 Å². The zero-order valence-electron chi connectivity index (χ0n) is 10.9. The molecule has 6 heteroatoms. The van der Waals surface area contributed by atoms with E-state index in [1.165, 1.54) is 6.92 Å². The molecule has 0 spiro atoms. The second-order valence-electron chi connectivity index (χ2n) is 4.77. The summed E-state index contributed by atoms with van der Waals surface area (Å²) in [5.74, 6) is -1.36. The Morgan fingerprint density at radius 1 is 0.952 bits per heavy atom. The number of alkyl halides is 3. The van der Waals surface area contributed by atoms with Gasteiger partial charge in [-0.1, -0.05) is 18.2 Å². The summed E-state index contributed by atoms with van der Waals surface area (Å²) in [4.78, 5) is 0. The van der Waals surface area contributed by atoms with Crippen molar-refractivity contribution in [3.05, 3.63) is 68.5 Å². The van der Waals surface area contributed by atoms with Gasteiger partial charge >= 0.3 is 6.18 Å². The first-order valence-corrected chi connectivity index (χ1v) is 7.06. The largest absolute Gasteiger partial charge is 0.419 e. The van der Waals surface area contributed by atoms with Crippen molar-refractivity contribution in [3.8, 4) is 0 Å². The maximum atomic E-state index is 13.3. The Balaban J connectivity index is 2.52. The maximum Gasteiger partial charge on any atom is 0.419 e. The highest BCUT2D eigenvalue weighted by atomic mass is 127. The van der Waals surface area contributed by atoms with Crippen LogP contribution in [0.4, 0.5) is 17.6 Å². The number of halogens is 5. The quantitative estimate of drug-likeness (QED) is 0.562. The summed E-state index contributed by atoms with van der Waals surface area (Å²) >= 11 is 2.08. The molecule has 0 bridgehead atoms. The smallest absolute Gasteiger partial charge is 0.381 e. The third-order valence-corrected chi connectivity index (χ3v) is 3.96. The van der Waals surface area contributed by atoms with E-state index < -0.39 is 23.2 Å². The van der Waals surface area contributed by atoms with E-state index in [0.29, 0.717) is 11.6 Å². The summed E-state index contributed by atoms with van der Waals surface area (Å²) in [6.07, 6.45) is -4.80. The van der Waals surface area contributed by atoms with Gasteiger partial charge in [0.25, 0.3) is 0 Å². The van der Waals surface area contributed by atoms with Gasteiger partial charge in [-0.25, -0.2) is 4.39 Å². The molecular weight excluding hydrogens is 399 g/mol. The summed E-state index contributed by atoms with van der Waals surface area (Å²) in [6.45, 7) is 1.38. The maximum absolute atomic E-state index is 13.3. The molecule has 2 aromatic rings. The molecular formula is C15H11F4IO. The molecule has 0 saturated heterocycles. The van der Waals surface area contributed by atoms with Crippen LogP contribution in [0.1, 0.15) is 23.6 Å². The molecule has 0 fully saturated rings. The van der Waals surface area contributed by atoms with E-state index in [0.717, 1.165) is 15.7 Å². The van der Waals surface area contributed by atoms with Gasteiger partial charge in [-0.2, -0.15) is 13.2 Å². The Hall–Kier alpha value is -1.15. The number of hydrogen-bond acceptors (Lipinski definition) is 1. The van der Waals surface area contributed by atoms with Crippen molar-refractivity contribution < 1.29 is 22.7 Å². The second-order valence-corrected chi connectivity index (χ2v) is 6.02. The summed E-state index contributed by atoms with van der Waals surface area (Å²) in [5.41, 5.74) is -2.61. The summed E-state index contributed by atoms with van der Waals surface area (Å²) in [5, 5.41) is 10.5. The summed E-state index contributed by atoms with van der Waals surface area (Å²) in [7, 11) is 0. The van der Waals surface area contributed by atoms with Crippen molar-refractivity contribution in [3.63, 3.8) is 0 Å². The Morgan fingerprint density at radius 3 is 2.00 bits per heavy atom. The van der Waals surface area contributed by atoms with E-state index in [1.54, 1.807) is 24.3 Å². The van der Waals surface area contributed by atoms with Gasteiger partial charge in [0, 0.05) is 3.57 Å².